The third-order valence-corrected chi connectivity index (χ3v) is 3.86. The van der Waals surface area contributed by atoms with Crippen LogP contribution in [0, 0.1) is 11.6 Å². The number of hydrogen-bond acceptors (Lipinski definition) is 3. The van der Waals surface area contributed by atoms with Gasteiger partial charge in [0.05, 0.1) is 15.5 Å². The molecule has 0 spiro atoms. The molecule has 100 valence electrons. The zero-order valence-electron chi connectivity index (χ0n) is 10.1. The average Bonchev–Trinajstić information content (AvgIpc) is 2.44. The van der Waals surface area contributed by atoms with Gasteiger partial charge in [-0.2, -0.15) is 0 Å². The Kier molecular flexibility index (Phi) is 3.36. The summed E-state index contributed by atoms with van der Waals surface area (Å²) < 4.78 is 28.5. The summed E-state index contributed by atoms with van der Waals surface area (Å²) in [6, 6.07) is 2.26. The Morgan fingerprint density at radius 2 is 1.84 bits per heavy atom. The van der Waals surface area contributed by atoms with Gasteiger partial charge in [0.15, 0.2) is 0 Å². The van der Waals surface area contributed by atoms with E-state index in [1.807, 2.05) is 4.90 Å². The fourth-order valence-electron chi connectivity index (χ4n) is 2.39. The SMILES string of the molecule is Fc1ccc(F)c2c(N3CCNCC3)c(Br)cnc12. The highest BCUT2D eigenvalue weighted by Gasteiger charge is 2.20. The Morgan fingerprint density at radius 1 is 1.16 bits per heavy atom. The molecule has 2 aromatic rings. The number of nitrogens with one attached hydrogen (secondary N) is 1. The van der Waals surface area contributed by atoms with Gasteiger partial charge < -0.3 is 10.2 Å². The first kappa shape index (κ1) is 12.7. The van der Waals surface area contributed by atoms with Gasteiger partial charge in [-0.05, 0) is 28.1 Å². The van der Waals surface area contributed by atoms with Crippen molar-refractivity contribution in [2.45, 2.75) is 0 Å². The molecule has 0 bridgehead atoms. The number of nitrogens with zero attached hydrogens (tertiary/aromatic N) is 2. The molecule has 1 aromatic heterocycles. The molecule has 1 N–H and O–H groups in total. The van der Waals surface area contributed by atoms with Crippen LogP contribution in [0.3, 0.4) is 0 Å². The average molecular weight is 328 g/mol. The summed E-state index contributed by atoms with van der Waals surface area (Å²) in [5.74, 6) is -0.945. The van der Waals surface area contributed by atoms with E-state index in [1.54, 1.807) is 0 Å². The number of piperazine rings is 1. The van der Waals surface area contributed by atoms with Crippen molar-refractivity contribution in [3.8, 4) is 0 Å². The molecular weight excluding hydrogens is 316 g/mol. The standard InChI is InChI=1S/C13H12BrF2N3/c14-8-7-18-12-10(16)2-1-9(15)11(12)13(8)19-5-3-17-4-6-19/h1-2,7,17H,3-6H2. The maximum atomic E-state index is 14.1. The molecule has 1 fully saturated rings. The third-order valence-electron chi connectivity index (χ3n) is 3.28. The first-order valence-corrected chi connectivity index (χ1v) is 6.85. The molecule has 0 aliphatic carbocycles. The van der Waals surface area contributed by atoms with Crippen LogP contribution in [-0.4, -0.2) is 31.2 Å². The van der Waals surface area contributed by atoms with Gasteiger partial charge in [0.1, 0.15) is 17.2 Å². The van der Waals surface area contributed by atoms with Crippen LogP contribution in [0.2, 0.25) is 0 Å². The largest absolute Gasteiger partial charge is 0.367 e. The van der Waals surface area contributed by atoms with E-state index in [2.05, 4.69) is 26.2 Å². The molecule has 0 radical (unpaired) electrons. The van der Waals surface area contributed by atoms with Crippen molar-refractivity contribution in [1.29, 1.82) is 0 Å². The van der Waals surface area contributed by atoms with Gasteiger partial charge in [-0.25, -0.2) is 8.78 Å². The van der Waals surface area contributed by atoms with Gasteiger partial charge in [0.25, 0.3) is 0 Å². The van der Waals surface area contributed by atoms with Crippen LogP contribution in [0.5, 0.6) is 0 Å². The van der Waals surface area contributed by atoms with Crippen molar-refractivity contribution in [3.05, 3.63) is 34.4 Å². The third kappa shape index (κ3) is 2.19. The Bertz CT molecular complexity index is 627. The van der Waals surface area contributed by atoms with Crippen molar-refractivity contribution in [1.82, 2.24) is 10.3 Å². The highest BCUT2D eigenvalue weighted by molar-refractivity contribution is 9.10. The Balaban J connectivity index is 2.26. The summed E-state index contributed by atoms with van der Waals surface area (Å²) in [5, 5.41) is 3.48. The number of pyridine rings is 1. The highest BCUT2D eigenvalue weighted by atomic mass is 79.9. The lowest BCUT2D eigenvalue weighted by molar-refractivity contribution is 0.586. The lowest BCUT2D eigenvalue weighted by Crippen LogP contribution is -2.43. The molecule has 0 amide bonds. The van der Waals surface area contributed by atoms with Gasteiger partial charge >= 0.3 is 0 Å². The van der Waals surface area contributed by atoms with E-state index < -0.39 is 11.6 Å². The molecule has 1 aliphatic rings. The lowest BCUT2D eigenvalue weighted by Gasteiger charge is -2.31. The summed E-state index contributed by atoms with van der Waals surface area (Å²) in [6.07, 6.45) is 1.53. The van der Waals surface area contributed by atoms with Crippen molar-refractivity contribution in [2.75, 3.05) is 31.1 Å². The van der Waals surface area contributed by atoms with Crippen LogP contribution >= 0.6 is 15.9 Å². The second kappa shape index (κ2) is 5.02. The van der Waals surface area contributed by atoms with Crippen molar-refractivity contribution in [2.24, 2.45) is 0 Å². The number of halogens is 3. The predicted octanol–water partition coefficient (Wildman–Crippen LogP) is 2.69. The molecule has 3 rings (SSSR count). The van der Waals surface area contributed by atoms with Gasteiger partial charge in [-0.1, -0.05) is 0 Å². The number of aromatic nitrogens is 1. The molecule has 1 aromatic carbocycles. The van der Waals surface area contributed by atoms with E-state index in [9.17, 15) is 8.78 Å². The molecule has 1 aliphatic heterocycles. The summed E-state index contributed by atoms with van der Waals surface area (Å²) in [7, 11) is 0. The normalized spacial score (nSPS) is 16.1. The Morgan fingerprint density at radius 3 is 2.58 bits per heavy atom. The van der Waals surface area contributed by atoms with Gasteiger partial charge in [-0.3, -0.25) is 4.98 Å². The summed E-state index contributed by atoms with van der Waals surface area (Å²) in [6.45, 7) is 3.17. The maximum absolute atomic E-state index is 14.1. The van der Waals surface area contributed by atoms with Crippen LogP contribution in [0.25, 0.3) is 10.9 Å². The van der Waals surface area contributed by atoms with Crippen LogP contribution in [0.1, 0.15) is 0 Å². The number of rotatable bonds is 1. The smallest absolute Gasteiger partial charge is 0.149 e. The van der Waals surface area contributed by atoms with Crippen LogP contribution in [-0.2, 0) is 0 Å². The quantitative estimate of drug-likeness (QED) is 0.872. The fourth-order valence-corrected chi connectivity index (χ4v) is 2.94. The minimum Gasteiger partial charge on any atom is -0.367 e. The van der Waals surface area contributed by atoms with Crippen molar-refractivity contribution >= 4 is 32.5 Å². The van der Waals surface area contributed by atoms with Gasteiger partial charge in [-0.15, -0.1) is 0 Å². The molecule has 19 heavy (non-hydrogen) atoms. The first-order valence-electron chi connectivity index (χ1n) is 6.06. The minimum atomic E-state index is -0.500. The van der Waals surface area contributed by atoms with Crippen LogP contribution in [0.4, 0.5) is 14.5 Å². The zero-order valence-corrected chi connectivity index (χ0v) is 11.7. The minimum absolute atomic E-state index is 0.0803. The Labute approximate surface area is 117 Å². The molecule has 0 saturated carbocycles. The van der Waals surface area contributed by atoms with E-state index >= 15 is 0 Å². The number of benzene rings is 1. The lowest BCUT2D eigenvalue weighted by atomic mass is 10.1. The monoisotopic (exact) mass is 327 g/mol. The second-order valence-electron chi connectivity index (χ2n) is 4.44. The van der Waals surface area contributed by atoms with Gasteiger partial charge in [0.2, 0.25) is 0 Å². The van der Waals surface area contributed by atoms with Crippen LogP contribution < -0.4 is 10.2 Å². The highest BCUT2D eigenvalue weighted by Crippen LogP contribution is 2.35. The molecule has 0 unspecified atom stereocenters. The molecule has 2 heterocycles. The zero-order chi connectivity index (χ0) is 13.4. The Hall–Kier alpha value is -1.27. The summed E-state index contributed by atoms with van der Waals surface area (Å²) in [4.78, 5) is 6.04. The van der Waals surface area contributed by atoms with Gasteiger partial charge in [0, 0.05) is 32.4 Å². The molecular formula is C13H12BrF2N3. The molecule has 0 atom stereocenters. The molecule has 3 nitrogen and oxygen atoms in total. The second-order valence-corrected chi connectivity index (χ2v) is 5.30. The van der Waals surface area contributed by atoms with Crippen molar-refractivity contribution < 1.29 is 8.78 Å². The number of anilines is 1. The van der Waals surface area contributed by atoms with E-state index in [0.29, 0.717) is 10.2 Å². The number of hydrogen-bond donors (Lipinski definition) is 1. The van der Waals surface area contributed by atoms with E-state index in [4.69, 9.17) is 0 Å². The summed E-state index contributed by atoms with van der Waals surface area (Å²) in [5.41, 5.74) is 0.764. The molecule has 1 saturated heterocycles. The van der Waals surface area contributed by atoms with E-state index in [0.717, 1.165) is 38.3 Å². The topological polar surface area (TPSA) is 28.2 Å². The molecule has 6 heteroatoms. The fraction of sp³-hybridized carbons (Fsp3) is 0.308. The van der Waals surface area contributed by atoms with Crippen molar-refractivity contribution in [3.63, 3.8) is 0 Å². The predicted molar refractivity (Wildman–Crippen MR) is 74.4 cm³/mol. The number of fused-ring (bicyclic) bond motifs is 1. The van der Waals surface area contributed by atoms with Crippen LogP contribution in [0.15, 0.2) is 22.8 Å². The first-order chi connectivity index (χ1) is 9.18. The summed E-state index contributed by atoms with van der Waals surface area (Å²) >= 11 is 3.40. The van der Waals surface area contributed by atoms with E-state index in [1.165, 1.54) is 6.20 Å². The maximum Gasteiger partial charge on any atom is 0.149 e. The van der Waals surface area contributed by atoms with E-state index in [-0.39, 0.29) is 10.9 Å².